The SMILES string of the molecule is Cc1ccnc(N2C(=O)c3oc4ccccc4c(=O)c3[C@H]2c2ccccc2F)c1. The fraction of sp³-hybridized carbons (Fsp3) is 0.0870. The number of hydrogen-bond donors (Lipinski definition) is 0. The van der Waals surface area contributed by atoms with Crippen molar-refractivity contribution in [1.82, 2.24) is 4.98 Å². The van der Waals surface area contributed by atoms with Gasteiger partial charge in [-0.1, -0.05) is 30.3 Å². The Morgan fingerprint density at radius 1 is 1.03 bits per heavy atom. The van der Waals surface area contributed by atoms with Gasteiger partial charge in [0.2, 0.25) is 5.76 Å². The molecule has 2 aromatic heterocycles. The summed E-state index contributed by atoms with van der Waals surface area (Å²) in [6.07, 6.45) is 1.57. The molecule has 0 unspecified atom stereocenters. The summed E-state index contributed by atoms with van der Waals surface area (Å²) in [5.41, 5.74) is 1.19. The number of para-hydroxylation sites is 1. The fourth-order valence-electron chi connectivity index (χ4n) is 3.80. The molecular weight excluding hydrogens is 371 g/mol. The lowest BCUT2D eigenvalue weighted by atomic mass is 9.98. The number of halogens is 1. The highest BCUT2D eigenvalue weighted by atomic mass is 19.1. The number of pyridine rings is 1. The van der Waals surface area contributed by atoms with Crippen LogP contribution in [0, 0.1) is 12.7 Å². The third-order valence-electron chi connectivity index (χ3n) is 5.13. The molecule has 3 heterocycles. The Balaban J connectivity index is 1.86. The lowest BCUT2D eigenvalue weighted by molar-refractivity contribution is 0.0970. The minimum absolute atomic E-state index is 0.0785. The van der Waals surface area contributed by atoms with Gasteiger partial charge < -0.3 is 4.42 Å². The van der Waals surface area contributed by atoms with Gasteiger partial charge in [-0.25, -0.2) is 9.37 Å². The molecular formula is C23H15FN2O3. The van der Waals surface area contributed by atoms with Crippen LogP contribution in [0.25, 0.3) is 11.0 Å². The zero-order valence-corrected chi connectivity index (χ0v) is 15.4. The number of carbonyl (C=O) groups is 1. The van der Waals surface area contributed by atoms with E-state index in [9.17, 15) is 14.0 Å². The Morgan fingerprint density at radius 3 is 2.59 bits per heavy atom. The number of aryl methyl sites for hydroxylation is 1. The van der Waals surface area contributed by atoms with E-state index in [4.69, 9.17) is 4.42 Å². The fourth-order valence-corrected chi connectivity index (χ4v) is 3.80. The highest BCUT2D eigenvalue weighted by Gasteiger charge is 2.45. The molecule has 1 aliphatic rings. The molecule has 5 nitrogen and oxygen atoms in total. The van der Waals surface area contributed by atoms with Crippen LogP contribution < -0.4 is 10.3 Å². The number of amides is 1. The average molecular weight is 386 g/mol. The van der Waals surface area contributed by atoms with E-state index in [1.165, 1.54) is 11.0 Å². The van der Waals surface area contributed by atoms with Crippen molar-refractivity contribution in [3.05, 3.63) is 105 Å². The molecule has 0 fully saturated rings. The van der Waals surface area contributed by atoms with Crippen molar-refractivity contribution in [2.75, 3.05) is 4.90 Å². The van der Waals surface area contributed by atoms with Crippen LogP contribution in [-0.4, -0.2) is 10.9 Å². The van der Waals surface area contributed by atoms with Crippen molar-refractivity contribution < 1.29 is 13.6 Å². The maximum Gasteiger partial charge on any atom is 0.296 e. The number of aromatic nitrogens is 1. The summed E-state index contributed by atoms with van der Waals surface area (Å²) in [7, 11) is 0. The van der Waals surface area contributed by atoms with Gasteiger partial charge in [-0.3, -0.25) is 14.5 Å². The van der Waals surface area contributed by atoms with Crippen LogP contribution in [0.2, 0.25) is 0 Å². The van der Waals surface area contributed by atoms with Crippen LogP contribution in [0.3, 0.4) is 0 Å². The molecule has 0 bridgehead atoms. The van der Waals surface area contributed by atoms with Crippen molar-refractivity contribution in [2.45, 2.75) is 13.0 Å². The Hall–Kier alpha value is -3.80. The van der Waals surface area contributed by atoms with Gasteiger partial charge >= 0.3 is 0 Å². The first-order chi connectivity index (χ1) is 14.1. The Kier molecular flexibility index (Phi) is 3.81. The molecule has 0 N–H and O–H groups in total. The number of anilines is 1. The van der Waals surface area contributed by atoms with Crippen molar-refractivity contribution >= 4 is 22.7 Å². The van der Waals surface area contributed by atoms with E-state index in [0.29, 0.717) is 16.8 Å². The number of rotatable bonds is 2. The number of hydrogen-bond acceptors (Lipinski definition) is 4. The highest BCUT2D eigenvalue weighted by molar-refractivity contribution is 6.10. The van der Waals surface area contributed by atoms with Crippen molar-refractivity contribution in [1.29, 1.82) is 0 Å². The average Bonchev–Trinajstić information content (AvgIpc) is 3.01. The van der Waals surface area contributed by atoms with E-state index in [1.54, 1.807) is 60.8 Å². The van der Waals surface area contributed by atoms with Crippen molar-refractivity contribution in [3.8, 4) is 0 Å². The van der Waals surface area contributed by atoms with Crippen LogP contribution in [0.1, 0.15) is 33.3 Å². The van der Waals surface area contributed by atoms with E-state index < -0.39 is 17.8 Å². The van der Waals surface area contributed by atoms with E-state index in [0.717, 1.165) is 5.56 Å². The minimum atomic E-state index is -0.964. The topological polar surface area (TPSA) is 63.4 Å². The number of benzene rings is 2. The summed E-state index contributed by atoms with van der Waals surface area (Å²) in [4.78, 5) is 32.3. The van der Waals surface area contributed by atoms with Gasteiger partial charge in [-0.2, -0.15) is 0 Å². The summed E-state index contributed by atoms with van der Waals surface area (Å²) in [6.45, 7) is 1.87. The monoisotopic (exact) mass is 386 g/mol. The largest absolute Gasteiger partial charge is 0.450 e. The Bertz CT molecular complexity index is 1350. The molecule has 1 atom stereocenters. The van der Waals surface area contributed by atoms with Gasteiger partial charge in [0.25, 0.3) is 5.91 Å². The molecule has 142 valence electrons. The van der Waals surface area contributed by atoms with Gasteiger partial charge in [0.05, 0.1) is 17.0 Å². The zero-order chi connectivity index (χ0) is 20.1. The van der Waals surface area contributed by atoms with Crippen LogP contribution in [-0.2, 0) is 0 Å². The molecule has 4 aromatic rings. The second-order valence-corrected chi connectivity index (χ2v) is 6.96. The number of fused-ring (bicyclic) bond motifs is 2. The first-order valence-corrected chi connectivity index (χ1v) is 9.12. The van der Waals surface area contributed by atoms with Gasteiger partial charge in [0.15, 0.2) is 5.43 Å². The first kappa shape index (κ1) is 17.3. The van der Waals surface area contributed by atoms with Gasteiger partial charge in [-0.05, 0) is 42.8 Å². The third-order valence-corrected chi connectivity index (χ3v) is 5.13. The second-order valence-electron chi connectivity index (χ2n) is 6.96. The summed E-state index contributed by atoms with van der Waals surface area (Å²) in [5.74, 6) is -0.777. The van der Waals surface area contributed by atoms with Crippen LogP contribution in [0.4, 0.5) is 10.2 Å². The number of carbonyl (C=O) groups excluding carboxylic acids is 1. The summed E-state index contributed by atoms with van der Waals surface area (Å²) in [6, 6.07) is 15.4. The molecule has 0 spiro atoms. The molecule has 0 saturated carbocycles. The van der Waals surface area contributed by atoms with E-state index in [-0.39, 0.29) is 22.3 Å². The van der Waals surface area contributed by atoms with Gasteiger partial charge in [0.1, 0.15) is 17.2 Å². The molecule has 1 amide bonds. The minimum Gasteiger partial charge on any atom is -0.450 e. The normalized spacial score (nSPS) is 15.7. The maximum atomic E-state index is 14.8. The smallest absolute Gasteiger partial charge is 0.296 e. The molecule has 2 aromatic carbocycles. The molecule has 29 heavy (non-hydrogen) atoms. The molecule has 0 radical (unpaired) electrons. The third kappa shape index (κ3) is 2.56. The molecule has 0 aliphatic carbocycles. The van der Waals surface area contributed by atoms with Crippen LogP contribution in [0.15, 0.2) is 76.1 Å². The quantitative estimate of drug-likeness (QED) is 0.513. The van der Waals surface area contributed by atoms with E-state index in [2.05, 4.69) is 4.98 Å². The Morgan fingerprint density at radius 2 is 1.79 bits per heavy atom. The van der Waals surface area contributed by atoms with Gasteiger partial charge in [0, 0.05) is 11.8 Å². The standard InChI is InChI=1S/C23H15FN2O3/c1-13-10-11-25-18(12-13)26-20(14-6-2-4-8-16(14)24)19-21(27)15-7-3-5-9-17(15)29-22(19)23(26)28/h2-12,20H,1H3/t20-/m1/s1. The number of nitrogens with zero attached hydrogens (tertiary/aromatic N) is 2. The predicted octanol–water partition coefficient (Wildman–Crippen LogP) is 4.39. The zero-order valence-electron chi connectivity index (χ0n) is 15.4. The summed E-state index contributed by atoms with van der Waals surface area (Å²) >= 11 is 0. The van der Waals surface area contributed by atoms with E-state index >= 15 is 0 Å². The molecule has 6 heteroatoms. The van der Waals surface area contributed by atoms with Crippen molar-refractivity contribution in [3.63, 3.8) is 0 Å². The van der Waals surface area contributed by atoms with Crippen LogP contribution in [0.5, 0.6) is 0 Å². The predicted molar refractivity (Wildman–Crippen MR) is 107 cm³/mol. The lowest BCUT2D eigenvalue weighted by Crippen LogP contribution is -2.30. The molecule has 1 aliphatic heterocycles. The first-order valence-electron chi connectivity index (χ1n) is 9.12. The second kappa shape index (κ2) is 6.38. The van der Waals surface area contributed by atoms with Crippen LogP contribution >= 0.6 is 0 Å². The lowest BCUT2D eigenvalue weighted by Gasteiger charge is -2.24. The van der Waals surface area contributed by atoms with Gasteiger partial charge in [-0.15, -0.1) is 0 Å². The summed E-state index contributed by atoms with van der Waals surface area (Å²) in [5, 5.41) is 0.347. The highest BCUT2D eigenvalue weighted by Crippen LogP contribution is 2.41. The molecule has 5 rings (SSSR count). The maximum absolute atomic E-state index is 14.8. The van der Waals surface area contributed by atoms with E-state index in [1.807, 2.05) is 6.92 Å². The van der Waals surface area contributed by atoms with Crippen molar-refractivity contribution in [2.24, 2.45) is 0 Å². The Labute approximate surface area is 165 Å². The summed E-state index contributed by atoms with van der Waals surface area (Å²) < 4.78 is 20.6. The molecule has 0 saturated heterocycles.